The van der Waals surface area contributed by atoms with Crippen LogP contribution < -0.4 is 10.6 Å². The van der Waals surface area contributed by atoms with Gasteiger partial charge in [0.05, 0.1) is 18.9 Å². The van der Waals surface area contributed by atoms with Gasteiger partial charge in [-0.1, -0.05) is 19.3 Å². The second-order valence-corrected chi connectivity index (χ2v) is 8.24. The van der Waals surface area contributed by atoms with E-state index in [1.54, 1.807) is 0 Å². The maximum Gasteiger partial charge on any atom is 0.191 e. The summed E-state index contributed by atoms with van der Waals surface area (Å²) in [4.78, 5) is 7.11. The number of hydrogen-bond acceptors (Lipinski definition) is 4. The molecule has 0 amide bonds. The molecular weight excluding hydrogens is 479 g/mol. The first-order valence-corrected chi connectivity index (χ1v) is 10.9. The summed E-state index contributed by atoms with van der Waals surface area (Å²) >= 11 is 0. The van der Waals surface area contributed by atoms with Crippen molar-refractivity contribution >= 4 is 29.9 Å². The van der Waals surface area contributed by atoms with E-state index in [0.29, 0.717) is 0 Å². The van der Waals surface area contributed by atoms with Gasteiger partial charge in [0.25, 0.3) is 0 Å². The van der Waals surface area contributed by atoms with Crippen LogP contribution in [0.4, 0.5) is 0 Å². The Morgan fingerprint density at radius 2 is 1.90 bits per heavy atom. The number of morpholine rings is 1. The predicted octanol–water partition coefficient (Wildman–Crippen LogP) is 2.71. The van der Waals surface area contributed by atoms with Gasteiger partial charge < -0.3 is 15.4 Å². The molecule has 1 aliphatic carbocycles. The molecule has 166 valence electrons. The number of nitrogens with zero attached hydrogens (tertiary/aromatic N) is 4. The molecule has 0 atom stereocenters. The number of aryl methyl sites for hydroxylation is 3. The number of aliphatic imine (C=N–C) groups is 1. The topological polar surface area (TPSA) is 66.7 Å². The average molecular weight is 518 g/mol. The summed E-state index contributed by atoms with van der Waals surface area (Å²) in [5, 5.41) is 11.6. The Morgan fingerprint density at radius 3 is 2.52 bits per heavy atom. The summed E-state index contributed by atoms with van der Waals surface area (Å²) in [5.41, 5.74) is 2.57. The number of aromatic nitrogens is 2. The molecule has 1 aromatic heterocycles. The lowest BCUT2D eigenvalue weighted by molar-refractivity contribution is -0.0352. The standard InChI is InChI=1S/C21H38N6O.HI/c1-18-16-19(2)27(25-18)11-7-10-23-20(22-3)24-17-21(8-5-4-6-9-21)26-12-14-28-15-13-26;/h16H,4-15,17H2,1-3H3,(H2,22,23,24);1H. The minimum Gasteiger partial charge on any atom is -0.379 e. The summed E-state index contributed by atoms with van der Waals surface area (Å²) in [6.45, 7) is 10.8. The highest BCUT2D eigenvalue weighted by molar-refractivity contribution is 14.0. The van der Waals surface area contributed by atoms with Crippen LogP contribution in [0.15, 0.2) is 11.1 Å². The van der Waals surface area contributed by atoms with E-state index in [9.17, 15) is 0 Å². The highest BCUT2D eigenvalue weighted by Gasteiger charge is 2.38. The SMILES string of the molecule is CN=C(NCCCn1nc(C)cc1C)NCC1(N2CCOCC2)CCCCC1.I. The number of ether oxygens (including phenoxy) is 1. The molecule has 2 fully saturated rings. The van der Waals surface area contributed by atoms with Crippen molar-refractivity contribution in [1.82, 2.24) is 25.3 Å². The van der Waals surface area contributed by atoms with E-state index in [4.69, 9.17) is 4.74 Å². The zero-order valence-corrected chi connectivity index (χ0v) is 20.7. The lowest BCUT2D eigenvalue weighted by atomic mass is 9.80. The van der Waals surface area contributed by atoms with E-state index < -0.39 is 0 Å². The number of rotatable bonds is 7. The Hall–Kier alpha value is -0.870. The summed E-state index contributed by atoms with van der Waals surface area (Å²) in [5.74, 6) is 0.909. The first kappa shape index (κ1) is 24.4. The van der Waals surface area contributed by atoms with E-state index in [-0.39, 0.29) is 29.5 Å². The fourth-order valence-electron chi connectivity index (χ4n) is 4.66. The Bertz CT molecular complexity index is 635. The Labute approximate surface area is 193 Å². The minimum atomic E-state index is 0. The summed E-state index contributed by atoms with van der Waals surface area (Å²) in [7, 11) is 1.86. The molecule has 1 aromatic rings. The van der Waals surface area contributed by atoms with Gasteiger partial charge in [-0.3, -0.25) is 14.6 Å². The van der Waals surface area contributed by atoms with Gasteiger partial charge >= 0.3 is 0 Å². The van der Waals surface area contributed by atoms with Crippen LogP contribution in [0.1, 0.15) is 49.9 Å². The third-order valence-corrected chi connectivity index (χ3v) is 6.22. The average Bonchev–Trinajstić information content (AvgIpc) is 3.05. The van der Waals surface area contributed by atoms with Crippen LogP contribution in [-0.4, -0.2) is 72.6 Å². The van der Waals surface area contributed by atoms with Crippen LogP contribution in [0.5, 0.6) is 0 Å². The summed E-state index contributed by atoms with van der Waals surface area (Å²) < 4.78 is 7.67. The van der Waals surface area contributed by atoms with E-state index >= 15 is 0 Å². The first-order valence-electron chi connectivity index (χ1n) is 10.9. The molecule has 0 radical (unpaired) electrons. The van der Waals surface area contributed by atoms with E-state index in [1.165, 1.54) is 37.8 Å². The molecule has 1 saturated carbocycles. The number of hydrogen-bond donors (Lipinski definition) is 2. The second-order valence-electron chi connectivity index (χ2n) is 8.24. The molecule has 8 heteroatoms. The fraction of sp³-hybridized carbons (Fsp3) is 0.810. The second kappa shape index (κ2) is 12.1. The van der Waals surface area contributed by atoms with Gasteiger partial charge in [-0.15, -0.1) is 24.0 Å². The van der Waals surface area contributed by atoms with Crippen molar-refractivity contribution in [2.75, 3.05) is 46.4 Å². The molecule has 7 nitrogen and oxygen atoms in total. The molecule has 2 aliphatic rings. The van der Waals surface area contributed by atoms with Crippen LogP contribution in [0.3, 0.4) is 0 Å². The molecule has 0 unspecified atom stereocenters. The van der Waals surface area contributed by atoms with E-state index in [1.807, 2.05) is 14.0 Å². The number of halogens is 1. The maximum atomic E-state index is 5.59. The van der Waals surface area contributed by atoms with Crippen molar-refractivity contribution in [3.8, 4) is 0 Å². The highest BCUT2D eigenvalue weighted by Crippen LogP contribution is 2.33. The molecule has 3 rings (SSSR count). The van der Waals surface area contributed by atoms with Crippen LogP contribution >= 0.6 is 24.0 Å². The summed E-state index contributed by atoms with van der Waals surface area (Å²) in [6, 6.07) is 2.13. The molecule has 0 aromatic carbocycles. The molecule has 0 bridgehead atoms. The summed E-state index contributed by atoms with van der Waals surface area (Å²) in [6.07, 6.45) is 7.59. The minimum absolute atomic E-state index is 0. The molecule has 0 spiro atoms. The van der Waals surface area contributed by atoms with Crippen molar-refractivity contribution in [1.29, 1.82) is 0 Å². The van der Waals surface area contributed by atoms with Crippen molar-refractivity contribution in [2.24, 2.45) is 4.99 Å². The Kier molecular flexibility index (Phi) is 10.2. The van der Waals surface area contributed by atoms with Gasteiger partial charge in [-0.2, -0.15) is 5.10 Å². The van der Waals surface area contributed by atoms with E-state index in [2.05, 4.69) is 43.3 Å². The third-order valence-electron chi connectivity index (χ3n) is 6.22. The van der Waals surface area contributed by atoms with Crippen LogP contribution in [0.25, 0.3) is 0 Å². The zero-order valence-electron chi connectivity index (χ0n) is 18.4. The molecule has 2 heterocycles. The highest BCUT2D eigenvalue weighted by atomic mass is 127. The molecule has 2 N–H and O–H groups in total. The lowest BCUT2D eigenvalue weighted by Gasteiger charge is -2.48. The van der Waals surface area contributed by atoms with Crippen LogP contribution in [-0.2, 0) is 11.3 Å². The zero-order chi connectivity index (χ0) is 19.8. The predicted molar refractivity (Wildman–Crippen MR) is 129 cm³/mol. The maximum absolute atomic E-state index is 5.59. The van der Waals surface area contributed by atoms with Gasteiger partial charge in [0.2, 0.25) is 0 Å². The van der Waals surface area contributed by atoms with Crippen molar-refractivity contribution in [3.63, 3.8) is 0 Å². The van der Waals surface area contributed by atoms with Crippen molar-refractivity contribution in [3.05, 3.63) is 17.5 Å². The van der Waals surface area contributed by atoms with Crippen LogP contribution in [0.2, 0.25) is 0 Å². The van der Waals surface area contributed by atoms with Gasteiger partial charge in [0, 0.05) is 51.0 Å². The normalized spacial score (nSPS) is 20.2. The third kappa shape index (κ3) is 6.82. The Morgan fingerprint density at radius 1 is 1.17 bits per heavy atom. The van der Waals surface area contributed by atoms with Crippen LogP contribution in [0, 0.1) is 13.8 Å². The molecule has 1 saturated heterocycles. The monoisotopic (exact) mass is 518 g/mol. The smallest absolute Gasteiger partial charge is 0.191 e. The fourth-order valence-corrected chi connectivity index (χ4v) is 4.66. The van der Waals surface area contributed by atoms with Crippen molar-refractivity contribution in [2.45, 2.75) is 64.5 Å². The van der Waals surface area contributed by atoms with Gasteiger partial charge in [0.1, 0.15) is 0 Å². The first-order chi connectivity index (χ1) is 13.6. The molecule has 29 heavy (non-hydrogen) atoms. The van der Waals surface area contributed by atoms with Gasteiger partial charge in [-0.25, -0.2) is 0 Å². The molecule has 1 aliphatic heterocycles. The number of nitrogens with one attached hydrogen (secondary N) is 2. The van der Waals surface area contributed by atoms with E-state index in [0.717, 1.165) is 64.0 Å². The Balaban J connectivity index is 0.00000300. The van der Waals surface area contributed by atoms with Gasteiger partial charge in [0.15, 0.2) is 5.96 Å². The molecular formula is C21H39IN6O. The lowest BCUT2D eigenvalue weighted by Crippen LogP contribution is -2.60. The van der Waals surface area contributed by atoms with Gasteiger partial charge in [-0.05, 0) is 39.2 Å². The quantitative estimate of drug-likeness (QED) is 0.252. The number of guanidine groups is 1. The largest absolute Gasteiger partial charge is 0.379 e. The van der Waals surface area contributed by atoms with Crippen molar-refractivity contribution < 1.29 is 4.74 Å².